The molecule has 1 N–H and O–H groups in total. The number of nitrogens with zero attached hydrogens (tertiary/aromatic N) is 2. The Morgan fingerprint density at radius 2 is 1.93 bits per heavy atom. The molecule has 7 nitrogen and oxygen atoms in total. The van der Waals surface area contributed by atoms with E-state index in [1.807, 2.05) is 12.1 Å². The average Bonchev–Trinajstić information content (AvgIpc) is 3.17. The fourth-order valence-electron chi connectivity index (χ4n) is 2.98. The number of anilines is 1. The van der Waals surface area contributed by atoms with E-state index in [2.05, 4.69) is 10.3 Å². The van der Waals surface area contributed by atoms with Gasteiger partial charge in [-0.2, -0.15) is 4.31 Å². The number of hydrogen-bond acceptors (Lipinski definition) is 5. The predicted molar refractivity (Wildman–Crippen MR) is 102 cm³/mol. The summed E-state index contributed by atoms with van der Waals surface area (Å²) >= 11 is 0. The Labute approximate surface area is 159 Å². The quantitative estimate of drug-likeness (QED) is 0.786. The monoisotopic (exact) mass is 389 g/mol. The molecule has 2 aromatic rings. The zero-order valence-corrected chi connectivity index (χ0v) is 16.0. The number of benzene rings is 1. The van der Waals surface area contributed by atoms with Crippen molar-refractivity contribution >= 4 is 21.6 Å². The van der Waals surface area contributed by atoms with Crippen molar-refractivity contribution in [1.29, 1.82) is 0 Å². The van der Waals surface area contributed by atoms with Gasteiger partial charge in [0.15, 0.2) is 0 Å². The molecule has 0 bridgehead atoms. The van der Waals surface area contributed by atoms with Crippen molar-refractivity contribution in [2.45, 2.75) is 36.7 Å². The van der Waals surface area contributed by atoms with Crippen molar-refractivity contribution in [3.05, 3.63) is 48.8 Å². The number of aromatic nitrogens is 1. The summed E-state index contributed by atoms with van der Waals surface area (Å²) < 4.78 is 31.7. The van der Waals surface area contributed by atoms with Crippen LogP contribution in [0.3, 0.4) is 0 Å². The summed E-state index contributed by atoms with van der Waals surface area (Å²) in [6, 6.07) is 10.1. The van der Waals surface area contributed by atoms with Gasteiger partial charge in [0.1, 0.15) is 10.6 Å². The summed E-state index contributed by atoms with van der Waals surface area (Å²) in [7, 11) is -2.39. The molecule has 1 aliphatic rings. The number of rotatable bonds is 7. The van der Waals surface area contributed by atoms with E-state index in [-0.39, 0.29) is 17.5 Å². The lowest BCUT2D eigenvalue weighted by atomic mass is 10.2. The minimum atomic E-state index is -3.76. The second-order valence-corrected chi connectivity index (χ2v) is 8.59. The molecule has 0 aliphatic heterocycles. The first-order chi connectivity index (χ1) is 12.9. The van der Waals surface area contributed by atoms with Gasteiger partial charge in [-0.25, -0.2) is 8.42 Å². The number of sulfonamides is 1. The maximum atomic E-state index is 12.4. The molecular weight excluding hydrogens is 366 g/mol. The van der Waals surface area contributed by atoms with Gasteiger partial charge in [0.05, 0.1) is 12.6 Å². The first kappa shape index (κ1) is 19.3. The standard InChI is InChI=1S/C19H23N3O4S/c1-22(27(24,25)18-7-4-12-20-13-18)14-19(23)21-15-8-10-17(11-9-15)26-16-5-2-3-6-16/h4,7-13,16H,2-3,5-6,14H2,1H3,(H,21,23). The molecule has 0 unspecified atom stereocenters. The van der Waals surface area contributed by atoms with Crippen molar-refractivity contribution in [1.82, 2.24) is 9.29 Å². The number of carbonyl (C=O) groups excluding carboxylic acids is 1. The molecule has 1 aromatic carbocycles. The minimum absolute atomic E-state index is 0.0497. The Kier molecular flexibility index (Phi) is 6.08. The van der Waals surface area contributed by atoms with Gasteiger partial charge in [0.25, 0.3) is 0 Å². The van der Waals surface area contributed by atoms with Gasteiger partial charge in [-0.3, -0.25) is 9.78 Å². The van der Waals surface area contributed by atoms with E-state index >= 15 is 0 Å². The molecule has 3 rings (SSSR count). The van der Waals surface area contributed by atoms with E-state index in [4.69, 9.17) is 4.74 Å². The normalized spacial score (nSPS) is 15.0. The molecule has 0 spiro atoms. The van der Waals surface area contributed by atoms with Crippen molar-refractivity contribution in [2.75, 3.05) is 18.9 Å². The van der Waals surface area contributed by atoms with Gasteiger partial charge in [0, 0.05) is 25.1 Å². The highest BCUT2D eigenvalue weighted by atomic mass is 32.2. The Morgan fingerprint density at radius 3 is 2.56 bits per heavy atom. The van der Waals surface area contributed by atoms with Crippen LogP contribution in [0.15, 0.2) is 53.7 Å². The zero-order valence-electron chi connectivity index (χ0n) is 15.2. The molecule has 1 heterocycles. The van der Waals surface area contributed by atoms with Crippen LogP contribution in [0.4, 0.5) is 5.69 Å². The number of pyridine rings is 1. The Balaban J connectivity index is 1.55. The maximum Gasteiger partial charge on any atom is 0.244 e. The van der Waals surface area contributed by atoms with Crippen LogP contribution in [0, 0.1) is 0 Å². The van der Waals surface area contributed by atoms with E-state index in [1.54, 1.807) is 12.1 Å². The molecule has 1 aromatic heterocycles. The third kappa shape index (κ3) is 5.05. The van der Waals surface area contributed by atoms with Crippen LogP contribution in [0.25, 0.3) is 0 Å². The van der Waals surface area contributed by atoms with Crippen LogP contribution < -0.4 is 10.1 Å². The number of carbonyl (C=O) groups is 1. The molecule has 1 aliphatic carbocycles. The van der Waals surface area contributed by atoms with Gasteiger partial charge in [-0.05, 0) is 62.1 Å². The summed E-state index contributed by atoms with van der Waals surface area (Å²) in [4.78, 5) is 16.1. The number of hydrogen-bond donors (Lipinski definition) is 1. The van der Waals surface area contributed by atoms with Gasteiger partial charge in [-0.1, -0.05) is 0 Å². The highest BCUT2D eigenvalue weighted by Gasteiger charge is 2.23. The first-order valence-electron chi connectivity index (χ1n) is 8.88. The van der Waals surface area contributed by atoms with E-state index in [0.29, 0.717) is 5.69 Å². The van der Waals surface area contributed by atoms with Crippen LogP contribution >= 0.6 is 0 Å². The smallest absolute Gasteiger partial charge is 0.244 e. The Morgan fingerprint density at radius 1 is 1.22 bits per heavy atom. The van der Waals surface area contributed by atoms with Gasteiger partial charge < -0.3 is 10.1 Å². The number of nitrogens with one attached hydrogen (secondary N) is 1. The van der Waals surface area contributed by atoms with Crippen molar-refractivity contribution in [3.63, 3.8) is 0 Å². The SMILES string of the molecule is CN(CC(=O)Nc1ccc(OC2CCCC2)cc1)S(=O)(=O)c1cccnc1. The van der Waals surface area contributed by atoms with E-state index in [0.717, 1.165) is 22.9 Å². The van der Waals surface area contributed by atoms with Crippen LogP contribution in [0.5, 0.6) is 5.75 Å². The third-order valence-electron chi connectivity index (χ3n) is 4.45. The molecule has 0 radical (unpaired) electrons. The number of ether oxygens (including phenoxy) is 1. The molecule has 144 valence electrons. The minimum Gasteiger partial charge on any atom is -0.490 e. The zero-order chi connectivity index (χ0) is 19.3. The largest absolute Gasteiger partial charge is 0.490 e. The second-order valence-electron chi connectivity index (χ2n) is 6.55. The molecule has 27 heavy (non-hydrogen) atoms. The molecule has 1 fully saturated rings. The third-order valence-corrected chi connectivity index (χ3v) is 6.24. The van der Waals surface area contributed by atoms with Gasteiger partial charge >= 0.3 is 0 Å². The molecule has 0 atom stereocenters. The molecule has 1 saturated carbocycles. The van der Waals surface area contributed by atoms with Crippen LogP contribution in [0.1, 0.15) is 25.7 Å². The second kappa shape index (κ2) is 8.49. The van der Waals surface area contributed by atoms with Crippen LogP contribution in [0.2, 0.25) is 0 Å². The van der Waals surface area contributed by atoms with Crippen LogP contribution in [-0.2, 0) is 14.8 Å². The summed E-state index contributed by atoms with van der Waals surface area (Å²) in [6.45, 7) is -0.294. The lowest BCUT2D eigenvalue weighted by molar-refractivity contribution is -0.116. The topological polar surface area (TPSA) is 88.6 Å². The number of likely N-dealkylation sites (N-methyl/N-ethyl adjacent to an activating group) is 1. The molecule has 1 amide bonds. The molecule has 8 heteroatoms. The highest BCUT2D eigenvalue weighted by Crippen LogP contribution is 2.25. The van der Waals surface area contributed by atoms with Gasteiger partial charge in [-0.15, -0.1) is 0 Å². The Hall–Kier alpha value is -2.45. The van der Waals surface area contributed by atoms with E-state index in [1.165, 1.54) is 44.4 Å². The summed E-state index contributed by atoms with van der Waals surface area (Å²) in [5.74, 6) is 0.352. The molecular formula is C19H23N3O4S. The van der Waals surface area contributed by atoms with E-state index in [9.17, 15) is 13.2 Å². The number of amides is 1. The van der Waals surface area contributed by atoms with Crippen molar-refractivity contribution in [3.8, 4) is 5.75 Å². The fourth-order valence-corrected chi connectivity index (χ4v) is 4.07. The first-order valence-corrected chi connectivity index (χ1v) is 10.3. The lowest BCUT2D eigenvalue weighted by Crippen LogP contribution is -2.35. The fraction of sp³-hybridized carbons (Fsp3) is 0.368. The Bertz CT molecular complexity index is 864. The van der Waals surface area contributed by atoms with Crippen molar-refractivity contribution < 1.29 is 17.9 Å². The molecule has 0 saturated heterocycles. The predicted octanol–water partition coefficient (Wildman–Crippen LogP) is 2.66. The lowest BCUT2D eigenvalue weighted by Gasteiger charge is -2.17. The van der Waals surface area contributed by atoms with Crippen LogP contribution in [-0.4, -0.2) is 43.3 Å². The van der Waals surface area contributed by atoms with Gasteiger partial charge in [0.2, 0.25) is 15.9 Å². The summed E-state index contributed by atoms with van der Waals surface area (Å²) in [5, 5.41) is 2.70. The summed E-state index contributed by atoms with van der Waals surface area (Å²) in [5.41, 5.74) is 0.589. The van der Waals surface area contributed by atoms with E-state index < -0.39 is 15.9 Å². The van der Waals surface area contributed by atoms with Crippen molar-refractivity contribution in [2.24, 2.45) is 0 Å². The highest BCUT2D eigenvalue weighted by molar-refractivity contribution is 7.89. The average molecular weight is 389 g/mol. The summed E-state index contributed by atoms with van der Waals surface area (Å²) in [6.07, 6.45) is 7.59. The maximum absolute atomic E-state index is 12.4.